The summed E-state index contributed by atoms with van der Waals surface area (Å²) in [6.07, 6.45) is 2.83. The van der Waals surface area contributed by atoms with Gasteiger partial charge in [0, 0.05) is 5.25 Å². The summed E-state index contributed by atoms with van der Waals surface area (Å²) in [5.74, 6) is 0. The summed E-state index contributed by atoms with van der Waals surface area (Å²) < 4.78 is 0. The minimum absolute atomic E-state index is 0.141. The highest BCUT2D eigenvalue weighted by Gasteiger charge is 2.01. The maximum absolute atomic E-state index is 8.84. The molecule has 0 heterocycles. The van der Waals surface area contributed by atoms with Gasteiger partial charge in [-0.05, 0) is 19.6 Å². The number of thioether (sulfide) groups is 1. The SMILES string of the molecule is CS[C@H](C)C[C@@H](C)O. The van der Waals surface area contributed by atoms with Crippen LogP contribution < -0.4 is 0 Å². The van der Waals surface area contributed by atoms with E-state index in [0.717, 1.165) is 6.42 Å². The molecule has 0 aliphatic carbocycles. The van der Waals surface area contributed by atoms with Gasteiger partial charge in [-0.15, -0.1) is 0 Å². The van der Waals surface area contributed by atoms with Crippen molar-refractivity contribution in [3.63, 3.8) is 0 Å². The van der Waals surface area contributed by atoms with E-state index in [2.05, 4.69) is 13.2 Å². The van der Waals surface area contributed by atoms with Crippen LogP contribution in [0, 0.1) is 0 Å². The lowest BCUT2D eigenvalue weighted by atomic mass is 10.2. The Morgan fingerprint density at radius 1 is 1.50 bits per heavy atom. The van der Waals surface area contributed by atoms with Crippen LogP contribution in [0.15, 0.2) is 0 Å². The van der Waals surface area contributed by atoms with Crippen molar-refractivity contribution in [3.05, 3.63) is 0 Å². The molecule has 0 radical (unpaired) electrons. The summed E-state index contributed by atoms with van der Waals surface area (Å²) in [4.78, 5) is 0. The van der Waals surface area contributed by atoms with E-state index in [-0.39, 0.29) is 6.10 Å². The first-order chi connectivity index (χ1) is 3.66. The zero-order valence-electron chi connectivity index (χ0n) is 5.72. The molecule has 0 aromatic heterocycles. The van der Waals surface area contributed by atoms with Gasteiger partial charge in [0.05, 0.1) is 6.10 Å². The Labute approximate surface area is 55.5 Å². The second kappa shape index (κ2) is 4.21. The maximum Gasteiger partial charge on any atom is 0.0522 e. The molecule has 0 saturated heterocycles. The van der Waals surface area contributed by atoms with Gasteiger partial charge in [0.1, 0.15) is 0 Å². The quantitative estimate of drug-likeness (QED) is 0.631. The maximum atomic E-state index is 8.84. The van der Waals surface area contributed by atoms with Gasteiger partial charge in [-0.3, -0.25) is 0 Å². The summed E-state index contributed by atoms with van der Waals surface area (Å²) in [7, 11) is 0. The van der Waals surface area contributed by atoms with Crippen molar-refractivity contribution in [3.8, 4) is 0 Å². The molecule has 1 nitrogen and oxygen atoms in total. The third-order valence-corrected chi connectivity index (χ3v) is 2.07. The van der Waals surface area contributed by atoms with E-state index >= 15 is 0 Å². The van der Waals surface area contributed by atoms with Gasteiger partial charge in [0.15, 0.2) is 0 Å². The van der Waals surface area contributed by atoms with E-state index in [0.29, 0.717) is 5.25 Å². The zero-order chi connectivity index (χ0) is 6.57. The first-order valence-electron chi connectivity index (χ1n) is 2.87. The fourth-order valence-corrected chi connectivity index (χ4v) is 1.05. The first-order valence-corrected chi connectivity index (χ1v) is 4.16. The second-order valence-electron chi connectivity index (χ2n) is 2.13. The van der Waals surface area contributed by atoms with Crippen LogP contribution in [0.1, 0.15) is 20.3 Å². The summed E-state index contributed by atoms with van der Waals surface area (Å²) in [6.45, 7) is 3.95. The molecule has 1 N–H and O–H groups in total. The van der Waals surface area contributed by atoms with Gasteiger partial charge in [0.25, 0.3) is 0 Å². The fraction of sp³-hybridized carbons (Fsp3) is 1.00. The molecule has 0 amide bonds. The number of aliphatic hydroxyl groups excluding tert-OH is 1. The predicted octanol–water partition coefficient (Wildman–Crippen LogP) is 1.51. The Balaban J connectivity index is 3.10. The molecule has 0 bridgehead atoms. The normalized spacial score (nSPS) is 18.0. The van der Waals surface area contributed by atoms with E-state index < -0.39 is 0 Å². The van der Waals surface area contributed by atoms with Crippen molar-refractivity contribution in [2.45, 2.75) is 31.6 Å². The highest BCUT2D eigenvalue weighted by Crippen LogP contribution is 2.10. The molecule has 0 aliphatic rings. The zero-order valence-corrected chi connectivity index (χ0v) is 6.53. The van der Waals surface area contributed by atoms with Crippen molar-refractivity contribution in [2.75, 3.05) is 6.26 Å². The van der Waals surface area contributed by atoms with Gasteiger partial charge in [-0.2, -0.15) is 11.8 Å². The molecule has 0 spiro atoms. The molecule has 50 valence electrons. The highest BCUT2D eigenvalue weighted by molar-refractivity contribution is 7.99. The summed E-state index contributed by atoms with van der Waals surface area (Å²) in [6, 6.07) is 0. The van der Waals surface area contributed by atoms with Crippen molar-refractivity contribution < 1.29 is 5.11 Å². The van der Waals surface area contributed by atoms with Gasteiger partial charge >= 0.3 is 0 Å². The number of aliphatic hydroxyl groups is 1. The minimum atomic E-state index is -0.141. The van der Waals surface area contributed by atoms with Gasteiger partial charge in [-0.1, -0.05) is 6.92 Å². The van der Waals surface area contributed by atoms with Crippen LogP contribution >= 0.6 is 11.8 Å². The van der Waals surface area contributed by atoms with E-state index in [4.69, 9.17) is 5.11 Å². The second-order valence-corrected chi connectivity index (χ2v) is 3.41. The van der Waals surface area contributed by atoms with E-state index in [9.17, 15) is 0 Å². The fourth-order valence-electron chi connectivity index (χ4n) is 0.577. The van der Waals surface area contributed by atoms with Crippen molar-refractivity contribution in [1.82, 2.24) is 0 Å². The molecule has 0 aromatic rings. The molecule has 2 heteroatoms. The Bertz CT molecular complexity index is 54.5. The van der Waals surface area contributed by atoms with Crippen LogP contribution in [0.5, 0.6) is 0 Å². The smallest absolute Gasteiger partial charge is 0.0522 e. The third kappa shape index (κ3) is 4.47. The molecule has 0 rings (SSSR count). The standard InChI is InChI=1S/C6H14OS/c1-5(7)4-6(2)8-3/h5-7H,4H2,1-3H3/t5-,6-/m1/s1. The van der Waals surface area contributed by atoms with Crippen LogP contribution in [0.2, 0.25) is 0 Å². The summed E-state index contributed by atoms with van der Waals surface area (Å²) in [5, 5.41) is 9.43. The van der Waals surface area contributed by atoms with E-state index in [1.54, 1.807) is 11.8 Å². The molecule has 2 atom stereocenters. The number of hydrogen-bond acceptors (Lipinski definition) is 2. The third-order valence-electron chi connectivity index (χ3n) is 1.08. The van der Waals surface area contributed by atoms with Crippen molar-refractivity contribution in [2.24, 2.45) is 0 Å². The summed E-state index contributed by atoms with van der Waals surface area (Å²) >= 11 is 1.79. The Morgan fingerprint density at radius 3 is 2.12 bits per heavy atom. The van der Waals surface area contributed by atoms with Gasteiger partial charge in [0.2, 0.25) is 0 Å². The van der Waals surface area contributed by atoms with E-state index in [1.165, 1.54) is 0 Å². The van der Waals surface area contributed by atoms with Crippen molar-refractivity contribution in [1.29, 1.82) is 0 Å². The van der Waals surface area contributed by atoms with Crippen LogP contribution in [0.25, 0.3) is 0 Å². The molecule has 8 heavy (non-hydrogen) atoms. The van der Waals surface area contributed by atoms with Gasteiger partial charge < -0.3 is 5.11 Å². The minimum Gasteiger partial charge on any atom is -0.393 e. The van der Waals surface area contributed by atoms with Crippen molar-refractivity contribution >= 4 is 11.8 Å². The number of hydrogen-bond donors (Lipinski definition) is 1. The lowest BCUT2D eigenvalue weighted by Gasteiger charge is -2.08. The lowest BCUT2D eigenvalue weighted by molar-refractivity contribution is 0.185. The van der Waals surface area contributed by atoms with Crippen LogP contribution in [0.3, 0.4) is 0 Å². The Kier molecular flexibility index (Phi) is 4.38. The van der Waals surface area contributed by atoms with Gasteiger partial charge in [-0.25, -0.2) is 0 Å². The lowest BCUT2D eigenvalue weighted by Crippen LogP contribution is -2.07. The Hall–Kier alpha value is 0.310. The average Bonchev–Trinajstić information content (AvgIpc) is 1.65. The molecular weight excluding hydrogens is 120 g/mol. The topological polar surface area (TPSA) is 20.2 Å². The molecular formula is C6H14OS. The number of rotatable bonds is 3. The average molecular weight is 134 g/mol. The molecule has 0 aromatic carbocycles. The molecule has 0 aliphatic heterocycles. The largest absolute Gasteiger partial charge is 0.393 e. The molecule has 0 saturated carbocycles. The van der Waals surface area contributed by atoms with Crippen LogP contribution in [0.4, 0.5) is 0 Å². The summed E-state index contributed by atoms with van der Waals surface area (Å²) in [5.41, 5.74) is 0. The molecule has 0 fully saturated rings. The monoisotopic (exact) mass is 134 g/mol. The highest BCUT2D eigenvalue weighted by atomic mass is 32.2. The van der Waals surface area contributed by atoms with Crippen LogP contribution in [-0.2, 0) is 0 Å². The predicted molar refractivity (Wildman–Crippen MR) is 39.3 cm³/mol. The van der Waals surface area contributed by atoms with Crippen LogP contribution in [-0.4, -0.2) is 22.7 Å². The Morgan fingerprint density at radius 2 is 2.00 bits per heavy atom. The first kappa shape index (κ1) is 8.31. The van der Waals surface area contributed by atoms with E-state index in [1.807, 2.05) is 6.92 Å². The molecule has 0 unspecified atom stereocenters.